The van der Waals surface area contributed by atoms with Crippen LogP contribution in [0.25, 0.3) is 0 Å². The summed E-state index contributed by atoms with van der Waals surface area (Å²) in [5.41, 5.74) is 2.93. The van der Waals surface area contributed by atoms with E-state index < -0.39 is 0 Å². The summed E-state index contributed by atoms with van der Waals surface area (Å²) in [6.45, 7) is 5.94. The van der Waals surface area contributed by atoms with Gasteiger partial charge in [0.2, 0.25) is 0 Å². The highest BCUT2D eigenvalue weighted by molar-refractivity contribution is 5.98. The molecule has 29 heavy (non-hydrogen) atoms. The monoisotopic (exact) mass is 392 g/mol. The lowest BCUT2D eigenvalue weighted by Gasteiger charge is -2.21. The fourth-order valence-electron chi connectivity index (χ4n) is 3.96. The zero-order valence-corrected chi connectivity index (χ0v) is 17.3. The third-order valence-corrected chi connectivity index (χ3v) is 5.81. The second-order valence-electron chi connectivity index (χ2n) is 8.01. The van der Waals surface area contributed by atoms with Crippen LogP contribution in [0.15, 0.2) is 54.6 Å². The van der Waals surface area contributed by atoms with Crippen LogP contribution >= 0.6 is 0 Å². The van der Waals surface area contributed by atoms with Crippen LogP contribution in [0.3, 0.4) is 0 Å². The molecule has 2 heterocycles. The molecule has 2 aliphatic heterocycles. The molecule has 4 heteroatoms. The van der Waals surface area contributed by atoms with Crippen molar-refractivity contribution in [3.05, 3.63) is 71.3 Å². The Balaban J connectivity index is 0.000000166. The summed E-state index contributed by atoms with van der Waals surface area (Å²) < 4.78 is 0. The van der Waals surface area contributed by atoms with Gasteiger partial charge in [-0.05, 0) is 58.8 Å². The van der Waals surface area contributed by atoms with Crippen molar-refractivity contribution in [1.29, 1.82) is 0 Å². The highest BCUT2D eigenvalue weighted by Gasteiger charge is 2.22. The number of ketones is 2. The highest BCUT2D eigenvalue weighted by Crippen LogP contribution is 2.19. The Morgan fingerprint density at radius 2 is 1.07 bits per heavy atom. The zero-order chi connectivity index (χ0) is 20.5. The molecule has 0 aliphatic carbocycles. The predicted molar refractivity (Wildman–Crippen MR) is 117 cm³/mol. The maximum absolute atomic E-state index is 12.1. The smallest absolute Gasteiger partial charge is 0.166 e. The van der Waals surface area contributed by atoms with E-state index in [1.54, 1.807) is 0 Å². The van der Waals surface area contributed by atoms with Crippen molar-refractivity contribution >= 4 is 11.6 Å². The molecular formula is C25H32N2O2. The van der Waals surface area contributed by atoms with Gasteiger partial charge >= 0.3 is 0 Å². The Labute approximate surface area is 174 Å². The zero-order valence-electron chi connectivity index (χ0n) is 17.3. The molecule has 0 radical (unpaired) electrons. The van der Waals surface area contributed by atoms with Crippen LogP contribution in [-0.2, 0) is 0 Å². The van der Waals surface area contributed by atoms with Gasteiger partial charge < -0.3 is 10.6 Å². The van der Waals surface area contributed by atoms with Crippen molar-refractivity contribution in [3.63, 3.8) is 0 Å². The maximum atomic E-state index is 12.1. The van der Waals surface area contributed by atoms with Crippen molar-refractivity contribution in [2.24, 2.45) is 11.8 Å². The van der Waals surface area contributed by atoms with Gasteiger partial charge in [0.15, 0.2) is 11.6 Å². The summed E-state index contributed by atoms with van der Waals surface area (Å²) in [4.78, 5) is 24.1. The summed E-state index contributed by atoms with van der Waals surface area (Å²) in [6.07, 6.45) is 3.92. The second kappa shape index (κ2) is 11.0. The number of carbonyl (C=O) groups excluding carboxylic acids is 2. The molecule has 2 aromatic rings. The van der Waals surface area contributed by atoms with Gasteiger partial charge in [-0.1, -0.05) is 60.2 Å². The molecule has 2 aromatic carbocycles. The molecule has 0 aromatic heterocycles. The van der Waals surface area contributed by atoms with Crippen LogP contribution in [0.1, 0.15) is 52.0 Å². The van der Waals surface area contributed by atoms with E-state index in [0.717, 1.165) is 63.0 Å². The molecule has 154 valence electrons. The first-order valence-corrected chi connectivity index (χ1v) is 10.8. The van der Waals surface area contributed by atoms with E-state index in [0.29, 0.717) is 11.6 Å². The van der Waals surface area contributed by atoms with Gasteiger partial charge in [0, 0.05) is 23.0 Å². The SMILES string of the molecule is Cc1ccc(C(=O)C2CCNCC2)cc1.O=C(c1ccccc1)C1CCNCC1. The minimum Gasteiger partial charge on any atom is -0.317 e. The fourth-order valence-corrected chi connectivity index (χ4v) is 3.96. The first-order chi connectivity index (χ1) is 14.1. The molecule has 2 saturated heterocycles. The lowest BCUT2D eigenvalue weighted by molar-refractivity contribution is 0.0888. The van der Waals surface area contributed by atoms with E-state index in [-0.39, 0.29) is 11.8 Å². The molecule has 2 N–H and O–H groups in total. The first kappa shape index (κ1) is 21.4. The number of hydrogen-bond acceptors (Lipinski definition) is 4. The van der Waals surface area contributed by atoms with E-state index in [2.05, 4.69) is 10.6 Å². The number of hydrogen-bond donors (Lipinski definition) is 2. The number of nitrogens with one attached hydrogen (secondary N) is 2. The summed E-state index contributed by atoms with van der Waals surface area (Å²) in [6, 6.07) is 17.5. The van der Waals surface area contributed by atoms with Crippen molar-refractivity contribution in [1.82, 2.24) is 10.6 Å². The summed E-state index contributed by atoms with van der Waals surface area (Å²) in [5, 5.41) is 6.55. The number of rotatable bonds is 4. The fraction of sp³-hybridized carbons (Fsp3) is 0.440. The Morgan fingerprint density at radius 1 is 0.655 bits per heavy atom. The number of carbonyl (C=O) groups is 2. The van der Waals surface area contributed by atoms with Gasteiger partial charge in [0.25, 0.3) is 0 Å². The minimum absolute atomic E-state index is 0.231. The van der Waals surface area contributed by atoms with Crippen molar-refractivity contribution < 1.29 is 9.59 Å². The molecule has 0 amide bonds. The van der Waals surface area contributed by atoms with Gasteiger partial charge in [0.05, 0.1) is 0 Å². The molecule has 2 aliphatic rings. The normalized spacial score (nSPS) is 17.8. The average Bonchev–Trinajstić information content (AvgIpc) is 2.81. The second-order valence-corrected chi connectivity index (χ2v) is 8.01. The number of benzene rings is 2. The number of piperidine rings is 2. The topological polar surface area (TPSA) is 58.2 Å². The quantitative estimate of drug-likeness (QED) is 0.771. The van der Waals surface area contributed by atoms with E-state index in [9.17, 15) is 9.59 Å². The number of aryl methyl sites for hydroxylation is 1. The lowest BCUT2D eigenvalue weighted by atomic mass is 9.89. The Bertz CT molecular complexity index is 774. The maximum Gasteiger partial charge on any atom is 0.166 e. The first-order valence-electron chi connectivity index (χ1n) is 10.8. The molecule has 0 saturated carbocycles. The third-order valence-electron chi connectivity index (χ3n) is 5.81. The molecular weight excluding hydrogens is 360 g/mol. The third kappa shape index (κ3) is 6.34. The van der Waals surface area contributed by atoms with E-state index in [4.69, 9.17) is 0 Å². The Morgan fingerprint density at radius 3 is 1.52 bits per heavy atom. The molecule has 4 nitrogen and oxygen atoms in total. The minimum atomic E-state index is 0.231. The largest absolute Gasteiger partial charge is 0.317 e. The number of Topliss-reactive ketones (excluding diaryl/α,β-unsaturated/α-hetero) is 2. The molecule has 4 rings (SSSR count). The van der Waals surface area contributed by atoms with Gasteiger partial charge in [-0.2, -0.15) is 0 Å². The molecule has 2 fully saturated rings. The average molecular weight is 393 g/mol. The molecule has 0 bridgehead atoms. The predicted octanol–water partition coefficient (Wildman–Crippen LogP) is 4.05. The van der Waals surface area contributed by atoms with Gasteiger partial charge in [-0.25, -0.2) is 0 Å². The van der Waals surface area contributed by atoms with Crippen LogP contribution in [0, 0.1) is 18.8 Å². The Kier molecular flexibility index (Phi) is 8.14. The highest BCUT2D eigenvalue weighted by atomic mass is 16.1. The van der Waals surface area contributed by atoms with E-state index in [1.165, 1.54) is 5.56 Å². The molecule has 0 atom stereocenters. The van der Waals surface area contributed by atoms with Gasteiger partial charge in [0.1, 0.15) is 0 Å². The van der Waals surface area contributed by atoms with Crippen LogP contribution in [0.4, 0.5) is 0 Å². The van der Waals surface area contributed by atoms with Crippen LogP contribution < -0.4 is 10.6 Å². The van der Waals surface area contributed by atoms with Crippen LogP contribution in [-0.4, -0.2) is 37.7 Å². The molecule has 0 unspecified atom stereocenters. The summed E-state index contributed by atoms with van der Waals surface area (Å²) in [7, 11) is 0. The lowest BCUT2D eigenvalue weighted by Crippen LogP contribution is -2.31. The van der Waals surface area contributed by atoms with Gasteiger partial charge in [-0.15, -0.1) is 0 Å². The van der Waals surface area contributed by atoms with Gasteiger partial charge in [-0.3, -0.25) is 9.59 Å². The Hall–Kier alpha value is -2.30. The van der Waals surface area contributed by atoms with E-state index in [1.807, 2.05) is 61.5 Å². The summed E-state index contributed by atoms with van der Waals surface area (Å²) >= 11 is 0. The molecule has 0 spiro atoms. The standard InChI is InChI=1S/C13H17NO.C12H15NO/c1-10-2-4-11(5-3-10)13(15)12-6-8-14-9-7-12;14-12(10-4-2-1-3-5-10)11-6-8-13-9-7-11/h2-5,12,14H,6-9H2,1H3;1-5,11,13H,6-9H2. The van der Waals surface area contributed by atoms with Crippen molar-refractivity contribution in [2.75, 3.05) is 26.2 Å². The summed E-state index contributed by atoms with van der Waals surface area (Å²) in [5.74, 6) is 1.09. The van der Waals surface area contributed by atoms with Crippen molar-refractivity contribution in [2.45, 2.75) is 32.6 Å². The van der Waals surface area contributed by atoms with Crippen LogP contribution in [0.2, 0.25) is 0 Å². The van der Waals surface area contributed by atoms with Crippen molar-refractivity contribution in [3.8, 4) is 0 Å². The van der Waals surface area contributed by atoms with E-state index >= 15 is 0 Å². The van der Waals surface area contributed by atoms with Crippen LogP contribution in [0.5, 0.6) is 0 Å².